The topological polar surface area (TPSA) is 52.4 Å². The molecule has 0 bridgehead atoms. The van der Waals surface area contributed by atoms with Crippen LogP contribution in [0.15, 0.2) is 16.6 Å². The molecule has 0 radical (unpaired) electrons. The molecule has 0 amide bonds. The molecule has 0 N–H and O–H groups in total. The zero-order valence-corrected chi connectivity index (χ0v) is 9.12. The summed E-state index contributed by atoms with van der Waals surface area (Å²) in [6.45, 7) is -1.66. The van der Waals surface area contributed by atoms with Crippen molar-refractivity contribution in [3.05, 3.63) is 32.3 Å². The summed E-state index contributed by atoms with van der Waals surface area (Å²) in [5.74, 6) is -0.209. The Morgan fingerprint density at radius 1 is 1.53 bits per heavy atom. The molecule has 0 aromatic heterocycles. The van der Waals surface area contributed by atoms with Gasteiger partial charge < -0.3 is 4.74 Å². The molecule has 4 nitrogen and oxygen atoms in total. The maximum atomic E-state index is 12.0. The van der Waals surface area contributed by atoms with Crippen molar-refractivity contribution in [3.8, 4) is 5.75 Å². The number of nitro benzene ring substituents is 1. The van der Waals surface area contributed by atoms with Gasteiger partial charge in [0, 0.05) is 6.07 Å². The third-order valence-corrected chi connectivity index (χ3v) is 2.36. The third-order valence-electron chi connectivity index (χ3n) is 1.73. The van der Waals surface area contributed by atoms with E-state index in [1.807, 2.05) is 0 Å². The lowest BCUT2D eigenvalue weighted by Crippen LogP contribution is -2.05. The fourth-order valence-corrected chi connectivity index (χ4v) is 1.60. The highest BCUT2D eigenvalue weighted by molar-refractivity contribution is 9.10. The number of rotatable bonds is 3. The van der Waals surface area contributed by atoms with Gasteiger partial charge in [-0.3, -0.25) is 10.1 Å². The second kappa shape index (κ2) is 4.52. The number of hydrogen-bond donors (Lipinski definition) is 0. The van der Waals surface area contributed by atoms with Crippen LogP contribution in [0.3, 0.4) is 0 Å². The quantitative estimate of drug-likeness (QED) is 0.631. The minimum absolute atomic E-state index is 0.0645. The fourth-order valence-electron chi connectivity index (χ4n) is 1.08. The molecule has 0 aliphatic rings. The first-order valence-corrected chi connectivity index (χ1v) is 4.61. The van der Waals surface area contributed by atoms with Crippen molar-refractivity contribution >= 4 is 21.6 Å². The van der Waals surface area contributed by atoms with Crippen molar-refractivity contribution in [3.63, 3.8) is 0 Å². The Kier molecular flexibility index (Phi) is 3.57. The minimum atomic E-state index is -3.01. The maximum absolute atomic E-state index is 12.0. The number of benzene rings is 1. The summed E-state index contributed by atoms with van der Waals surface area (Å²) in [5.41, 5.74) is -0.191. The van der Waals surface area contributed by atoms with Crippen LogP contribution >= 0.6 is 15.9 Å². The molecule has 0 saturated heterocycles. The Morgan fingerprint density at radius 2 is 2.13 bits per heavy atom. The molecule has 15 heavy (non-hydrogen) atoms. The summed E-state index contributed by atoms with van der Waals surface area (Å²) in [6, 6.07) is 2.51. The summed E-state index contributed by atoms with van der Waals surface area (Å²) in [6.07, 6.45) is 0. The molecule has 0 heterocycles. The molecular weight excluding hydrogens is 276 g/mol. The van der Waals surface area contributed by atoms with E-state index in [1.54, 1.807) is 0 Å². The fraction of sp³-hybridized carbons (Fsp3) is 0.250. The van der Waals surface area contributed by atoms with Crippen molar-refractivity contribution in [2.75, 3.05) is 0 Å². The van der Waals surface area contributed by atoms with Gasteiger partial charge in [0.05, 0.1) is 15.0 Å². The van der Waals surface area contributed by atoms with E-state index in [-0.39, 0.29) is 21.5 Å². The van der Waals surface area contributed by atoms with E-state index in [0.717, 1.165) is 0 Å². The molecule has 0 aliphatic carbocycles. The van der Waals surface area contributed by atoms with E-state index in [4.69, 9.17) is 0 Å². The second-order valence-electron chi connectivity index (χ2n) is 2.66. The van der Waals surface area contributed by atoms with Crippen LogP contribution in [0.25, 0.3) is 0 Å². The van der Waals surface area contributed by atoms with Crippen LogP contribution in [-0.2, 0) is 0 Å². The normalized spacial score (nSPS) is 10.5. The van der Waals surface area contributed by atoms with E-state index in [1.165, 1.54) is 19.1 Å². The Balaban J connectivity index is 3.24. The first kappa shape index (κ1) is 11.8. The van der Waals surface area contributed by atoms with Gasteiger partial charge in [-0.15, -0.1) is 0 Å². The van der Waals surface area contributed by atoms with Gasteiger partial charge in [0.15, 0.2) is 0 Å². The van der Waals surface area contributed by atoms with Gasteiger partial charge in [0.2, 0.25) is 0 Å². The highest BCUT2D eigenvalue weighted by atomic mass is 79.9. The van der Waals surface area contributed by atoms with Crippen molar-refractivity contribution in [2.45, 2.75) is 13.5 Å². The summed E-state index contributed by atoms with van der Waals surface area (Å²) in [7, 11) is 0. The lowest BCUT2D eigenvalue weighted by atomic mass is 10.2. The molecule has 0 spiro atoms. The lowest BCUT2D eigenvalue weighted by Gasteiger charge is -2.09. The highest BCUT2D eigenvalue weighted by Crippen LogP contribution is 2.35. The predicted molar refractivity (Wildman–Crippen MR) is 52.2 cm³/mol. The Labute approximate surface area is 92.1 Å². The zero-order chi connectivity index (χ0) is 11.6. The molecular formula is C8H6BrF2NO3. The van der Waals surface area contributed by atoms with Gasteiger partial charge in [-0.25, -0.2) is 0 Å². The molecule has 0 atom stereocenters. The van der Waals surface area contributed by atoms with Crippen LogP contribution in [0.1, 0.15) is 5.56 Å². The average molecular weight is 282 g/mol. The van der Waals surface area contributed by atoms with Crippen molar-refractivity contribution in [2.24, 2.45) is 0 Å². The number of ether oxygens (including phenoxy) is 1. The van der Waals surface area contributed by atoms with E-state index in [9.17, 15) is 18.9 Å². The van der Waals surface area contributed by atoms with Gasteiger partial charge in [-0.05, 0) is 28.9 Å². The molecule has 1 aromatic carbocycles. The van der Waals surface area contributed by atoms with E-state index in [2.05, 4.69) is 20.7 Å². The van der Waals surface area contributed by atoms with Crippen molar-refractivity contribution < 1.29 is 18.4 Å². The number of hydrogen-bond acceptors (Lipinski definition) is 3. The third kappa shape index (κ3) is 2.62. The molecule has 0 unspecified atom stereocenters. The molecule has 1 aromatic rings. The average Bonchev–Trinajstić information content (AvgIpc) is 2.11. The predicted octanol–water partition coefficient (Wildman–Crippen LogP) is 3.27. The number of nitrogens with zero attached hydrogens (tertiary/aromatic N) is 1. The first-order chi connectivity index (χ1) is 6.93. The summed E-state index contributed by atoms with van der Waals surface area (Å²) in [4.78, 5) is 9.87. The second-order valence-corrected chi connectivity index (χ2v) is 3.51. The highest BCUT2D eigenvalue weighted by Gasteiger charge is 2.19. The van der Waals surface area contributed by atoms with Gasteiger partial charge in [-0.1, -0.05) is 0 Å². The van der Waals surface area contributed by atoms with Crippen LogP contribution in [-0.4, -0.2) is 11.5 Å². The van der Waals surface area contributed by atoms with Gasteiger partial charge in [0.1, 0.15) is 5.75 Å². The summed E-state index contributed by atoms with van der Waals surface area (Å²) >= 11 is 2.98. The van der Waals surface area contributed by atoms with Crippen LogP contribution < -0.4 is 4.74 Å². The lowest BCUT2D eigenvalue weighted by molar-refractivity contribution is -0.385. The monoisotopic (exact) mass is 281 g/mol. The van der Waals surface area contributed by atoms with E-state index in [0.29, 0.717) is 0 Å². The first-order valence-electron chi connectivity index (χ1n) is 3.81. The standard InChI is InChI=1S/C8H6BrF2NO3/c1-4-6(12(13)14)3-2-5(9)7(4)15-8(10)11/h2-3,8H,1H3. The van der Waals surface area contributed by atoms with Crippen molar-refractivity contribution in [1.29, 1.82) is 0 Å². The van der Waals surface area contributed by atoms with Gasteiger partial charge in [0.25, 0.3) is 5.69 Å². The minimum Gasteiger partial charge on any atom is -0.433 e. The number of halogens is 3. The van der Waals surface area contributed by atoms with Gasteiger partial charge >= 0.3 is 6.61 Å². The smallest absolute Gasteiger partial charge is 0.387 e. The number of alkyl halides is 2. The van der Waals surface area contributed by atoms with Crippen LogP contribution in [0.4, 0.5) is 14.5 Å². The maximum Gasteiger partial charge on any atom is 0.387 e. The van der Waals surface area contributed by atoms with Crippen LogP contribution in [0, 0.1) is 17.0 Å². The summed E-state index contributed by atoms with van der Waals surface area (Å²) in [5, 5.41) is 10.5. The molecule has 7 heteroatoms. The van der Waals surface area contributed by atoms with Gasteiger partial charge in [-0.2, -0.15) is 8.78 Å². The van der Waals surface area contributed by atoms with E-state index < -0.39 is 11.5 Å². The van der Waals surface area contributed by atoms with E-state index >= 15 is 0 Å². The molecule has 82 valence electrons. The Hall–Kier alpha value is -1.24. The molecule has 0 aliphatic heterocycles. The molecule has 0 fully saturated rings. The van der Waals surface area contributed by atoms with Crippen LogP contribution in [0.5, 0.6) is 5.75 Å². The largest absolute Gasteiger partial charge is 0.433 e. The Bertz CT molecular complexity index is 398. The number of nitro groups is 1. The van der Waals surface area contributed by atoms with Crippen LogP contribution in [0.2, 0.25) is 0 Å². The molecule has 1 rings (SSSR count). The zero-order valence-electron chi connectivity index (χ0n) is 7.54. The summed E-state index contributed by atoms with van der Waals surface area (Å²) < 4.78 is 28.4. The Morgan fingerprint density at radius 3 is 2.60 bits per heavy atom. The van der Waals surface area contributed by atoms with Crippen molar-refractivity contribution in [1.82, 2.24) is 0 Å². The SMILES string of the molecule is Cc1c([N+](=O)[O-])ccc(Br)c1OC(F)F. The molecule has 0 saturated carbocycles.